The molecule has 1 amide bonds. The van der Waals surface area contributed by atoms with E-state index in [9.17, 15) is 9.59 Å². The number of hydrogen-bond donors (Lipinski definition) is 1. The van der Waals surface area contributed by atoms with Crippen LogP contribution < -0.4 is 10.9 Å². The molecule has 4 heterocycles. The molecule has 0 spiro atoms. The monoisotopic (exact) mass is 458 g/mol. The zero-order valence-corrected chi connectivity index (χ0v) is 18.7. The van der Waals surface area contributed by atoms with Crippen molar-refractivity contribution in [2.24, 2.45) is 0 Å². The Hall–Kier alpha value is -2.69. The molecule has 0 saturated carbocycles. The Morgan fingerprint density at radius 1 is 1.47 bits per heavy atom. The molecular formula is C20H18N4O3S3. The lowest BCUT2D eigenvalue weighted by molar-refractivity contribution is -0.115. The number of thioether (sulfide) groups is 1. The van der Waals surface area contributed by atoms with Gasteiger partial charge in [0.25, 0.3) is 5.56 Å². The third kappa shape index (κ3) is 3.98. The predicted molar refractivity (Wildman–Crippen MR) is 123 cm³/mol. The molecule has 0 aliphatic rings. The molecule has 0 radical (unpaired) electrons. The second-order valence-corrected chi connectivity index (χ2v) is 9.59. The minimum absolute atomic E-state index is 0.133. The number of carbonyl (C=O) groups is 1. The maximum absolute atomic E-state index is 13.3. The normalized spacial score (nSPS) is 12.2. The standard InChI is InChI=1S/C20H18N4O3S3/c1-4-7-24-19(26)16-13(14-6-5-8-28-14)10-29-18(16)22-20(24)30-12(3)17(25)21-15-9-11(2)27-23-15/h4-6,8-10,12H,1,7H2,2-3H3,(H,21,23,25). The van der Waals surface area contributed by atoms with Crippen LogP contribution in [0.25, 0.3) is 20.7 Å². The van der Waals surface area contributed by atoms with Crippen molar-refractivity contribution >= 4 is 56.4 Å². The number of aryl methyl sites for hydroxylation is 1. The number of rotatable bonds is 7. The first-order valence-corrected chi connectivity index (χ1v) is 11.7. The molecule has 30 heavy (non-hydrogen) atoms. The van der Waals surface area contributed by atoms with Crippen LogP contribution in [0.3, 0.4) is 0 Å². The maximum atomic E-state index is 13.3. The summed E-state index contributed by atoms with van der Waals surface area (Å²) >= 11 is 4.23. The van der Waals surface area contributed by atoms with Crippen LogP contribution in [0.5, 0.6) is 0 Å². The molecule has 7 nitrogen and oxygen atoms in total. The Bertz CT molecular complexity index is 1270. The molecule has 0 aromatic carbocycles. The molecule has 0 fully saturated rings. The van der Waals surface area contributed by atoms with Gasteiger partial charge in [0.2, 0.25) is 5.91 Å². The van der Waals surface area contributed by atoms with E-state index in [2.05, 4.69) is 17.1 Å². The Morgan fingerprint density at radius 2 is 2.30 bits per heavy atom. The largest absolute Gasteiger partial charge is 0.360 e. The van der Waals surface area contributed by atoms with Crippen LogP contribution in [-0.4, -0.2) is 25.9 Å². The summed E-state index contributed by atoms with van der Waals surface area (Å²) in [6.07, 6.45) is 1.65. The molecule has 1 unspecified atom stereocenters. The van der Waals surface area contributed by atoms with Crippen molar-refractivity contribution in [3.05, 3.63) is 57.7 Å². The van der Waals surface area contributed by atoms with Crippen molar-refractivity contribution < 1.29 is 9.32 Å². The average molecular weight is 459 g/mol. The van der Waals surface area contributed by atoms with Gasteiger partial charge in [-0.25, -0.2) is 4.98 Å². The predicted octanol–water partition coefficient (Wildman–Crippen LogP) is 4.79. The number of fused-ring (bicyclic) bond motifs is 1. The second kappa shape index (κ2) is 8.58. The smallest absolute Gasteiger partial charge is 0.263 e. The second-order valence-electron chi connectivity index (χ2n) is 6.48. The van der Waals surface area contributed by atoms with Gasteiger partial charge in [0.1, 0.15) is 10.6 Å². The van der Waals surface area contributed by atoms with Gasteiger partial charge in [-0.3, -0.25) is 14.2 Å². The number of thiophene rings is 2. The number of aromatic nitrogens is 3. The van der Waals surface area contributed by atoms with Gasteiger partial charge in [-0.05, 0) is 25.3 Å². The number of hydrogen-bond acceptors (Lipinski definition) is 8. The van der Waals surface area contributed by atoms with Crippen LogP contribution in [0.1, 0.15) is 12.7 Å². The number of nitrogens with zero attached hydrogens (tertiary/aromatic N) is 3. The third-order valence-electron chi connectivity index (χ3n) is 4.29. The summed E-state index contributed by atoms with van der Waals surface area (Å²) in [5.41, 5.74) is 0.760. The molecule has 4 aromatic heterocycles. The fourth-order valence-corrected chi connectivity index (χ4v) is 5.58. The number of carbonyl (C=O) groups excluding carboxylic acids is 1. The highest BCUT2D eigenvalue weighted by Gasteiger charge is 2.22. The summed E-state index contributed by atoms with van der Waals surface area (Å²) in [5.74, 6) is 0.714. The van der Waals surface area contributed by atoms with E-state index in [1.54, 1.807) is 41.9 Å². The van der Waals surface area contributed by atoms with Crippen LogP contribution in [-0.2, 0) is 11.3 Å². The Kier molecular flexibility index (Phi) is 5.89. The summed E-state index contributed by atoms with van der Waals surface area (Å²) < 4.78 is 6.54. The van der Waals surface area contributed by atoms with Gasteiger partial charge in [-0.1, -0.05) is 29.1 Å². The maximum Gasteiger partial charge on any atom is 0.263 e. The molecule has 0 bridgehead atoms. The van der Waals surface area contributed by atoms with Crippen LogP contribution in [0, 0.1) is 6.92 Å². The molecule has 4 aromatic rings. The number of anilines is 1. The number of nitrogens with one attached hydrogen (secondary N) is 1. The first kappa shape index (κ1) is 20.6. The van der Waals surface area contributed by atoms with Crippen molar-refractivity contribution in [3.63, 3.8) is 0 Å². The summed E-state index contributed by atoms with van der Waals surface area (Å²) in [6.45, 7) is 7.57. The highest BCUT2D eigenvalue weighted by Crippen LogP contribution is 2.35. The fourth-order valence-electron chi connectivity index (χ4n) is 2.86. The van der Waals surface area contributed by atoms with E-state index in [-0.39, 0.29) is 11.5 Å². The molecule has 1 atom stereocenters. The molecule has 4 rings (SSSR count). The lowest BCUT2D eigenvalue weighted by Crippen LogP contribution is -2.26. The summed E-state index contributed by atoms with van der Waals surface area (Å²) in [6, 6.07) is 5.59. The first-order chi connectivity index (χ1) is 14.5. The number of allylic oxidation sites excluding steroid dienone is 1. The van der Waals surface area contributed by atoms with Crippen molar-refractivity contribution in [1.29, 1.82) is 0 Å². The fraction of sp³-hybridized carbons (Fsp3) is 0.200. The van der Waals surface area contributed by atoms with E-state index in [4.69, 9.17) is 9.51 Å². The summed E-state index contributed by atoms with van der Waals surface area (Å²) in [7, 11) is 0. The Balaban J connectivity index is 1.68. The van der Waals surface area contributed by atoms with Crippen LogP contribution in [0.4, 0.5) is 5.82 Å². The van der Waals surface area contributed by atoms with Gasteiger partial charge in [-0.15, -0.1) is 29.3 Å². The van der Waals surface area contributed by atoms with E-state index in [0.717, 1.165) is 10.4 Å². The SMILES string of the molecule is C=CCn1c(SC(C)C(=O)Nc2cc(C)on2)nc2scc(-c3cccs3)c2c1=O. The van der Waals surface area contributed by atoms with E-state index < -0.39 is 5.25 Å². The van der Waals surface area contributed by atoms with Crippen LogP contribution >= 0.6 is 34.4 Å². The Morgan fingerprint density at radius 3 is 2.97 bits per heavy atom. The summed E-state index contributed by atoms with van der Waals surface area (Å²) in [4.78, 5) is 32.3. The topological polar surface area (TPSA) is 90.0 Å². The van der Waals surface area contributed by atoms with Gasteiger partial charge >= 0.3 is 0 Å². The summed E-state index contributed by atoms with van der Waals surface area (Å²) in [5, 5.41) is 11.0. The molecule has 154 valence electrons. The van der Waals surface area contributed by atoms with E-state index in [1.165, 1.54) is 23.1 Å². The van der Waals surface area contributed by atoms with Crippen LogP contribution in [0.2, 0.25) is 0 Å². The third-order valence-corrected chi connectivity index (χ3v) is 7.15. The molecule has 0 aliphatic heterocycles. The van der Waals surface area contributed by atoms with Crippen molar-refractivity contribution in [2.75, 3.05) is 5.32 Å². The van der Waals surface area contributed by atoms with Crippen molar-refractivity contribution in [3.8, 4) is 10.4 Å². The molecule has 10 heteroatoms. The molecule has 1 N–H and O–H groups in total. The minimum Gasteiger partial charge on any atom is -0.360 e. The zero-order chi connectivity index (χ0) is 21.3. The minimum atomic E-state index is -0.501. The van der Waals surface area contributed by atoms with Gasteiger partial charge in [0, 0.05) is 28.4 Å². The van der Waals surface area contributed by atoms with Gasteiger partial charge in [-0.2, -0.15) is 0 Å². The van der Waals surface area contributed by atoms with Crippen molar-refractivity contribution in [1.82, 2.24) is 14.7 Å². The highest BCUT2D eigenvalue weighted by atomic mass is 32.2. The average Bonchev–Trinajstić information content (AvgIpc) is 3.45. The highest BCUT2D eigenvalue weighted by molar-refractivity contribution is 8.00. The molecule has 0 saturated heterocycles. The number of amides is 1. The molecule has 0 aliphatic carbocycles. The van der Waals surface area contributed by atoms with Gasteiger partial charge < -0.3 is 9.84 Å². The lowest BCUT2D eigenvalue weighted by Gasteiger charge is -2.14. The van der Waals surface area contributed by atoms with E-state index in [0.29, 0.717) is 33.5 Å². The van der Waals surface area contributed by atoms with E-state index in [1.807, 2.05) is 22.9 Å². The first-order valence-electron chi connectivity index (χ1n) is 9.05. The molecular weight excluding hydrogens is 440 g/mol. The quantitative estimate of drug-likeness (QED) is 0.243. The van der Waals surface area contributed by atoms with Gasteiger partial charge in [0.15, 0.2) is 11.0 Å². The van der Waals surface area contributed by atoms with Crippen molar-refractivity contribution in [2.45, 2.75) is 30.8 Å². The van der Waals surface area contributed by atoms with Gasteiger partial charge in [0.05, 0.1) is 10.6 Å². The van der Waals surface area contributed by atoms with E-state index >= 15 is 0 Å². The lowest BCUT2D eigenvalue weighted by atomic mass is 10.2. The zero-order valence-electron chi connectivity index (χ0n) is 16.2. The van der Waals surface area contributed by atoms with Crippen LogP contribution in [0.15, 0.2) is 56.1 Å². The Labute approximate surface area is 184 Å².